The second-order valence-electron chi connectivity index (χ2n) is 7.02. The molecule has 0 bridgehead atoms. The molecule has 8 heteroatoms. The Kier molecular flexibility index (Phi) is 5.76. The van der Waals surface area contributed by atoms with Crippen LogP contribution in [0.15, 0.2) is 52.3 Å². The summed E-state index contributed by atoms with van der Waals surface area (Å²) in [5.74, 6) is -0.258. The molecule has 1 saturated carbocycles. The maximum absolute atomic E-state index is 12.6. The molecule has 4 rings (SSSR count). The molecule has 146 valence electrons. The Morgan fingerprint density at radius 3 is 2.64 bits per heavy atom. The van der Waals surface area contributed by atoms with Crippen LogP contribution in [0.5, 0.6) is 0 Å². The first kappa shape index (κ1) is 18.7. The highest BCUT2D eigenvalue weighted by Gasteiger charge is 2.17. The van der Waals surface area contributed by atoms with Crippen LogP contribution in [-0.2, 0) is 17.9 Å². The number of benzene rings is 1. The van der Waals surface area contributed by atoms with Crippen molar-refractivity contribution in [2.24, 2.45) is 0 Å². The fraction of sp³-hybridized carbons (Fsp3) is 0.400. The lowest BCUT2D eigenvalue weighted by Gasteiger charge is -2.20. The normalized spacial score (nSPS) is 15.0. The molecule has 0 aliphatic heterocycles. The number of carbonyl (C=O) groups excluding carboxylic acids is 1. The maximum Gasteiger partial charge on any atom is 0.367 e. The van der Waals surface area contributed by atoms with Gasteiger partial charge in [0, 0.05) is 11.8 Å². The number of carbonyl (C=O) groups is 1. The number of nitrogens with zero attached hydrogens (tertiary/aromatic N) is 4. The van der Waals surface area contributed by atoms with Crippen molar-refractivity contribution in [3.05, 3.63) is 58.5 Å². The van der Waals surface area contributed by atoms with E-state index in [1.807, 2.05) is 36.4 Å². The van der Waals surface area contributed by atoms with Gasteiger partial charge < -0.3 is 5.32 Å². The van der Waals surface area contributed by atoms with Gasteiger partial charge in [0.1, 0.15) is 11.6 Å². The summed E-state index contributed by atoms with van der Waals surface area (Å²) in [5, 5.41) is 12.9. The molecule has 1 aliphatic rings. The van der Waals surface area contributed by atoms with Crippen LogP contribution in [0.2, 0.25) is 0 Å². The smallest absolute Gasteiger partial charge is 0.350 e. The Morgan fingerprint density at radius 1 is 1.07 bits per heavy atom. The predicted molar refractivity (Wildman–Crippen MR) is 108 cm³/mol. The molecule has 3 aromatic rings. The standard InChI is InChI=1S/C20H23N5O2S/c26-18(21-13-15-7-3-1-4-8-15)14-24-20(27)25-17(22-24)11-12-19(23-25)28-16-9-5-2-6-10-16/h1,3-4,7-8,11-12,16H,2,5-6,9-10,13-14H2,(H,21,26). The Hall–Kier alpha value is -2.61. The molecule has 1 amide bonds. The molecular weight excluding hydrogens is 374 g/mol. The minimum absolute atomic E-state index is 0.125. The predicted octanol–water partition coefficient (Wildman–Crippen LogP) is 2.63. The van der Waals surface area contributed by atoms with Crippen molar-refractivity contribution in [1.29, 1.82) is 0 Å². The van der Waals surface area contributed by atoms with Gasteiger partial charge in [-0.2, -0.15) is 9.61 Å². The highest BCUT2D eigenvalue weighted by Crippen LogP contribution is 2.32. The second-order valence-corrected chi connectivity index (χ2v) is 8.34. The molecule has 2 heterocycles. The number of fused-ring (bicyclic) bond motifs is 1. The molecule has 2 aromatic heterocycles. The van der Waals surface area contributed by atoms with Crippen molar-refractivity contribution in [2.45, 2.75) is 55.5 Å². The molecule has 0 atom stereocenters. The molecule has 1 aliphatic carbocycles. The Bertz CT molecular complexity index is 1010. The van der Waals surface area contributed by atoms with E-state index in [-0.39, 0.29) is 12.5 Å². The van der Waals surface area contributed by atoms with Gasteiger partial charge >= 0.3 is 5.69 Å². The lowest BCUT2D eigenvalue weighted by Crippen LogP contribution is -2.32. The largest absolute Gasteiger partial charge is 0.367 e. The Labute approximate surface area is 167 Å². The Morgan fingerprint density at radius 2 is 1.86 bits per heavy atom. The van der Waals surface area contributed by atoms with Crippen molar-refractivity contribution in [3.63, 3.8) is 0 Å². The molecule has 1 aromatic carbocycles. The summed E-state index contributed by atoms with van der Waals surface area (Å²) >= 11 is 1.73. The first-order chi connectivity index (χ1) is 13.7. The van der Waals surface area contributed by atoms with Gasteiger partial charge in [0.25, 0.3) is 0 Å². The maximum atomic E-state index is 12.6. The molecule has 0 saturated heterocycles. The van der Waals surface area contributed by atoms with Crippen LogP contribution in [0, 0.1) is 0 Å². The van der Waals surface area contributed by atoms with Crippen LogP contribution in [-0.4, -0.2) is 30.6 Å². The van der Waals surface area contributed by atoms with Gasteiger partial charge in [-0.05, 0) is 30.5 Å². The molecule has 28 heavy (non-hydrogen) atoms. The highest BCUT2D eigenvalue weighted by atomic mass is 32.2. The summed E-state index contributed by atoms with van der Waals surface area (Å²) < 4.78 is 2.45. The fourth-order valence-corrected chi connectivity index (χ4v) is 4.59. The molecule has 1 fully saturated rings. The summed E-state index contributed by atoms with van der Waals surface area (Å²) in [4.78, 5) is 24.8. The van der Waals surface area contributed by atoms with E-state index in [1.165, 1.54) is 36.6 Å². The van der Waals surface area contributed by atoms with E-state index in [2.05, 4.69) is 15.5 Å². The number of hydrogen-bond acceptors (Lipinski definition) is 5. The minimum atomic E-state index is -0.393. The zero-order valence-electron chi connectivity index (χ0n) is 15.6. The molecule has 0 unspecified atom stereocenters. The van der Waals surface area contributed by atoms with E-state index in [9.17, 15) is 9.59 Å². The monoisotopic (exact) mass is 397 g/mol. The van der Waals surface area contributed by atoms with E-state index in [0.29, 0.717) is 17.4 Å². The average Bonchev–Trinajstić information content (AvgIpc) is 3.03. The minimum Gasteiger partial charge on any atom is -0.350 e. The van der Waals surface area contributed by atoms with Crippen LogP contribution in [0.4, 0.5) is 0 Å². The first-order valence-electron chi connectivity index (χ1n) is 9.63. The van der Waals surface area contributed by atoms with Gasteiger partial charge in [0.2, 0.25) is 5.91 Å². The van der Waals surface area contributed by atoms with Gasteiger partial charge in [-0.3, -0.25) is 4.79 Å². The van der Waals surface area contributed by atoms with Gasteiger partial charge in [-0.25, -0.2) is 9.48 Å². The highest BCUT2D eigenvalue weighted by molar-refractivity contribution is 7.99. The van der Waals surface area contributed by atoms with E-state index in [1.54, 1.807) is 17.8 Å². The van der Waals surface area contributed by atoms with Crippen LogP contribution >= 0.6 is 11.8 Å². The third-order valence-electron chi connectivity index (χ3n) is 4.88. The number of rotatable bonds is 6. The van der Waals surface area contributed by atoms with Gasteiger partial charge in [-0.15, -0.1) is 16.9 Å². The molecule has 0 spiro atoms. The van der Waals surface area contributed by atoms with Crippen LogP contribution in [0.25, 0.3) is 5.65 Å². The quantitative estimate of drug-likeness (QED) is 0.692. The molecular formula is C20H23N5O2S. The van der Waals surface area contributed by atoms with Crippen LogP contribution < -0.4 is 11.0 Å². The number of aromatic nitrogens is 4. The van der Waals surface area contributed by atoms with Gasteiger partial charge in [0.15, 0.2) is 5.65 Å². The summed E-state index contributed by atoms with van der Waals surface area (Å²) in [6, 6.07) is 13.3. The summed E-state index contributed by atoms with van der Waals surface area (Å²) in [5.41, 5.74) is 1.06. The number of hydrogen-bond donors (Lipinski definition) is 1. The van der Waals surface area contributed by atoms with Crippen molar-refractivity contribution >= 4 is 23.3 Å². The zero-order valence-corrected chi connectivity index (χ0v) is 16.4. The van der Waals surface area contributed by atoms with Crippen molar-refractivity contribution in [2.75, 3.05) is 0 Å². The second kappa shape index (κ2) is 8.60. The fourth-order valence-electron chi connectivity index (χ4n) is 3.40. The lowest BCUT2D eigenvalue weighted by atomic mass is 10.0. The molecule has 1 N–H and O–H groups in total. The SMILES string of the molecule is O=C(Cn1nc2ccc(SC3CCCCC3)nn2c1=O)NCc1ccccc1. The summed E-state index contributed by atoms with van der Waals surface area (Å²) in [6.45, 7) is 0.294. The van der Waals surface area contributed by atoms with Gasteiger partial charge in [0.05, 0.1) is 0 Å². The van der Waals surface area contributed by atoms with E-state index in [0.717, 1.165) is 15.3 Å². The van der Waals surface area contributed by atoms with Crippen molar-refractivity contribution in [3.8, 4) is 0 Å². The number of nitrogens with one attached hydrogen (secondary N) is 1. The molecule has 7 nitrogen and oxygen atoms in total. The lowest BCUT2D eigenvalue weighted by molar-refractivity contribution is -0.122. The topological polar surface area (TPSA) is 81.3 Å². The van der Waals surface area contributed by atoms with Crippen molar-refractivity contribution < 1.29 is 4.79 Å². The third-order valence-corrected chi connectivity index (χ3v) is 6.15. The van der Waals surface area contributed by atoms with Gasteiger partial charge in [-0.1, -0.05) is 49.6 Å². The average molecular weight is 398 g/mol. The summed E-state index contributed by atoms with van der Waals surface area (Å²) in [6.07, 6.45) is 6.22. The Balaban J connectivity index is 1.43. The van der Waals surface area contributed by atoms with Crippen LogP contribution in [0.1, 0.15) is 37.7 Å². The zero-order chi connectivity index (χ0) is 19.3. The van der Waals surface area contributed by atoms with E-state index >= 15 is 0 Å². The van der Waals surface area contributed by atoms with Crippen LogP contribution in [0.3, 0.4) is 0 Å². The number of amides is 1. The summed E-state index contributed by atoms with van der Waals surface area (Å²) in [7, 11) is 0. The molecule has 0 radical (unpaired) electrons. The van der Waals surface area contributed by atoms with E-state index in [4.69, 9.17) is 0 Å². The van der Waals surface area contributed by atoms with E-state index < -0.39 is 5.69 Å². The number of thioether (sulfide) groups is 1. The third kappa shape index (κ3) is 4.44. The first-order valence-corrected chi connectivity index (χ1v) is 10.5. The van der Waals surface area contributed by atoms with Crippen molar-refractivity contribution in [1.82, 2.24) is 24.7 Å².